The monoisotopic (exact) mass is 406 g/mol. The number of sulfonamides is 1. The predicted molar refractivity (Wildman–Crippen MR) is 106 cm³/mol. The molecule has 1 amide bonds. The third-order valence-corrected chi connectivity index (χ3v) is 5.78. The minimum absolute atomic E-state index is 0.142. The number of hydrogen-bond acceptors (Lipinski definition) is 4. The van der Waals surface area contributed by atoms with Crippen molar-refractivity contribution in [3.63, 3.8) is 0 Å². The molecule has 3 rings (SSSR count). The first-order valence-corrected chi connectivity index (χ1v) is 10.3. The third-order valence-electron chi connectivity index (χ3n) is 4.07. The Kier molecular flexibility index (Phi) is 5.55. The van der Waals surface area contributed by atoms with Gasteiger partial charge in [0.1, 0.15) is 5.58 Å². The number of amides is 1. The van der Waals surface area contributed by atoms with Crippen molar-refractivity contribution in [1.29, 1.82) is 0 Å². The second-order valence-corrected chi connectivity index (χ2v) is 8.28. The van der Waals surface area contributed by atoms with Crippen LogP contribution in [0.4, 0.5) is 5.69 Å². The van der Waals surface area contributed by atoms with Gasteiger partial charge in [0.05, 0.1) is 4.90 Å². The summed E-state index contributed by atoms with van der Waals surface area (Å²) in [5.74, 6) is -0.229. The zero-order chi connectivity index (χ0) is 19.6. The second kappa shape index (κ2) is 7.72. The predicted octanol–water partition coefficient (Wildman–Crippen LogP) is 4.34. The number of anilines is 1. The highest BCUT2D eigenvalue weighted by molar-refractivity contribution is 7.89. The largest absolute Gasteiger partial charge is 0.451 e. The van der Waals surface area contributed by atoms with E-state index in [0.29, 0.717) is 34.8 Å². The number of hydrogen-bond donors (Lipinski definition) is 2. The van der Waals surface area contributed by atoms with Gasteiger partial charge in [-0.1, -0.05) is 18.5 Å². The van der Waals surface area contributed by atoms with Gasteiger partial charge in [-0.2, -0.15) is 0 Å². The maximum Gasteiger partial charge on any atom is 0.291 e. The molecular formula is C19H19ClN2O4S. The summed E-state index contributed by atoms with van der Waals surface area (Å²) < 4.78 is 32.3. The molecule has 0 fully saturated rings. The Morgan fingerprint density at radius 1 is 1.15 bits per heavy atom. The van der Waals surface area contributed by atoms with Crippen LogP contribution in [0.5, 0.6) is 0 Å². The van der Waals surface area contributed by atoms with Crippen LogP contribution in [0.1, 0.15) is 29.5 Å². The maximum atomic E-state index is 12.5. The van der Waals surface area contributed by atoms with Gasteiger partial charge in [0, 0.05) is 28.2 Å². The van der Waals surface area contributed by atoms with Crippen LogP contribution in [0.2, 0.25) is 5.02 Å². The van der Waals surface area contributed by atoms with Gasteiger partial charge < -0.3 is 9.73 Å². The molecule has 0 aliphatic rings. The number of aryl methyl sites for hydroxylation is 1. The van der Waals surface area contributed by atoms with Crippen molar-refractivity contribution in [2.75, 3.05) is 11.9 Å². The molecule has 142 valence electrons. The van der Waals surface area contributed by atoms with Crippen molar-refractivity contribution in [3.8, 4) is 0 Å². The van der Waals surface area contributed by atoms with Gasteiger partial charge in [0.25, 0.3) is 5.91 Å². The number of carbonyl (C=O) groups excluding carboxylic acids is 1. The summed E-state index contributed by atoms with van der Waals surface area (Å²) in [6.07, 6.45) is 0.704. The minimum atomic E-state index is -3.54. The average Bonchev–Trinajstić information content (AvgIpc) is 2.97. The summed E-state index contributed by atoms with van der Waals surface area (Å²) in [7, 11) is -3.54. The fraction of sp³-hybridized carbons (Fsp3) is 0.211. The smallest absolute Gasteiger partial charge is 0.291 e. The molecule has 0 radical (unpaired) electrons. The van der Waals surface area contributed by atoms with Crippen molar-refractivity contribution in [3.05, 3.63) is 58.8 Å². The first kappa shape index (κ1) is 19.4. The standard InChI is InChI=1S/C19H19ClN2O4S/c1-3-10-21-27(24,25)15-7-5-14(6-8-15)22-19(23)18-12(2)16-11-13(20)4-9-17(16)26-18/h4-9,11,21H,3,10H2,1-2H3,(H,22,23). The Hall–Kier alpha value is -2.35. The van der Waals surface area contributed by atoms with E-state index in [0.717, 1.165) is 5.39 Å². The summed E-state index contributed by atoms with van der Waals surface area (Å²) in [5, 5.41) is 4.05. The molecule has 0 unspecified atom stereocenters. The maximum absolute atomic E-state index is 12.5. The van der Waals surface area contributed by atoms with Gasteiger partial charge in [0.2, 0.25) is 10.0 Å². The molecule has 8 heteroatoms. The number of rotatable bonds is 6. The SMILES string of the molecule is CCCNS(=O)(=O)c1ccc(NC(=O)c2oc3ccc(Cl)cc3c2C)cc1. The van der Waals surface area contributed by atoms with Crippen LogP contribution in [0.25, 0.3) is 11.0 Å². The molecule has 0 atom stereocenters. The first-order chi connectivity index (χ1) is 12.8. The number of carbonyl (C=O) groups is 1. The van der Waals surface area contributed by atoms with E-state index < -0.39 is 15.9 Å². The molecule has 2 aromatic carbocycles. The Morgan fingerprint density at radius 3 is 2.52 bits per heavy atom. The summed E-state index contributed by atoms with van der Waals surface area (Å²) in [4.78, 5) is 12.7. The van der Waals surface area contributed by atoms with E-state index in [4.69, 9.17) is 16.0 Å². The summed E-state index contributed by atoms with van der Waals surface area (Å²) in [6.45, 7) is 4.04. The van der Waals surface area contributed by atoms with Crippen LogP contribution >= 0.6 is 11.6 Å². The molecule has 27 heavy (non-hydrogen) atoms. The van der Waals surface area contributed by atoms with Crippen LogP contribution in [-0.4, -0.2) is 20.9 Å². The van der Waals surface area contributed by atoms with Gasteiger partial charge in [-0.15, -0.1) is 0 Å². The molecule has 1 heterocycles. The molecular weight excluding hydrogens is 388 g/mol. The zero-order valence-corrected chi connectivity index (χ0v) is 16.4. The lowest BCUT2D eigenvalue weighted by atomic mass is 10.1. The zero-order valence-electron chi connectivity index (χ0n) is 14.9. The minimum Gasteiger partial charge on any atom is -0.451 e. The van der Waals surface area contributed by atoms with E-state index in [2.05, 4.69) is 10.0 Å². The first-order valence-electron chi connectivity index (χ1n) is 8.41. The molecule has 2 N–H and O–H groups in total. The highest BCUT2D eigenvalue weighted by Crippen LogP contribution is 2.28. The highest BCUT2D eigenvalue weighted by atomic mass is 35.5. The summed E-state index contributed by atoms with van der Waals surface area (Å²) in [6, 6.07) is 11.1. The number of halogens is 1. The third kappa shape index (κ3) is 4.16. The lowest BCUT2D eigenvalue weighted by Crippen LogP contribution is -2.24. The Morgan fingerprint density at radius 2 is 1.85 bits per heavy atom. The van der Waals surface area contributed by atoms with Crippen LogP contribution in [0, 0.1) is 6.92 Å². The van der Waals surface area contributed by atoms with Gasteiger partial charge in [-0.05, 0) is 55.8 Å². The quantitative estimate of drug-likeness (QED) is 0.637. The van der Waals surface area contributed by atoms with Crippen molar-refractivity contribution >= 4 is 44.2 Å². The number of benzene rings is 2. The van der Waals surface area contributed by atoms with E-state index in [1.165, 1.54) is 24.3 Å². The lowest BCUT2D eigenvalue weighted by molar-refractivity contribution is 0.0998. The van der Waals surface area contributed by atoms with Gasteiger partial charge in [0.15, 0.2) is 5.76 Å². The molecule has 0 aliphatic carbocycles. The van der Waals surface area contributed by atoms with Crippen molar-refractivity contribution in [2.24, 2.45) is 0 Å². The van der Waals surface area contributed by atoms with Crippen LogP contribution < -0.4 is 10.0 Å². The van der Waals surface area contributed by atoms with Gasteiger partial charge in [-0.3, -0.25) is 4.79 Å². The highest BCUT2D eigenvalue weighted by Gasteiger charge is 2.19. The van der Waals surface area contributed by atoms with Crippen molar-refractivity contribution in [1.82, 2.24) is 4.72 Å². The van der Waals surface area contributed by atoms with E-state index >= 15 is 0 Å². The Balaban J connectivity index is 1.80. The van der Waals surface area contributed by atoms with Gasteiger partial charge in [-0.25, -0.2) is 13.1 Å². The normalized spacial score (nSPS) is 11.7. The molecule has 0 aliphatic heterocycles. The van der Waals surface area contributed by atoms with E-state index in [-0.39, 0.29) is 10.7 Å². The fourth-order valence-electron chi connectivity index (χ4n) is 2.63. The van der Waals surface area contributed by atoms with E-state index in [1.807, 2.05) is 6.92 Å². The summed E-state index contributed by atoms with van der Waals surface area (Å²) in [5.41, 5.74) is 1.73. The van der Waals surface area contributed by atoms with Crippen LogP contribution in [-0.2, 0) is 10.0 Å². The van der Waals surface area contributed by atoms with Crippen LogP contribution in [0.3, 0.4) is 0 Å². The Bertz CT molecular complexity index is 1090. The van der Waals surface area contributed by atoms with E-state index in [9.17, 15) is 13.2 Å². The van der Waals surface area contributed by atoms with Gasteiger partial charge >= 0.3 is 0 Å². The number of furan rings is 1. The molecule has 0 spiro atoms. The Labute approximate surface area is 162 Å². The second-order valence-electron chi connectivity index (χ2n) is 6.07. The molecule has 0 bridgehead atoms. The van der Waals surface area contributed by atoms with Crippen molar-refractivity contribution < 1.29 is 17.6 Å². The summed E-state index contributed by atoms with van der Waals surface area (Å²) >= 11 is 6.00. The average molecular weight is 407 g/mol. The number of nitrogens with one attached hydrogen (secondary N) is 2. The topological polar surface area (TPSA) is 88.4 Å². The molecule has 1 aromatic heterocycles. The lowest BCUT2D eigenvalue weighted by Gasteiger charge is -2.07. The molecule has 0 saturated heterocycles. The van der Waals surface area contributed by atoms with Crippen molar-refractivity contribution in [2.45, 2.75) is 25.2 Å². The number of fused-ring (bicyclic) bond motifs is 1. The fourth-order valence-corrected chi connectivity index (χ4v) is 3.94. The molecule has 3 aromatic rings. The van der Waals surface area contributed by atoms with Crippen LogP contribution in [0.15, 0.2) is 51.8 Å². The molecule has 0 saturated carbocycles. The molecule has 6 nitrogen and oxygen atoms in total. The van der Waals surface area contributed by atoms with E-state index in [1.54, 1.807) is 25.1 Å².